The van der Waals surface area contributed by atoms with Gasteiger partial charge in [0.25, 0.3) is 0 Å². The number of H-pyrrole nitrogens is 1. The largest absolute Gasteiger partial charge is 0.368 e. The number of benzene rings is 1. The molecule has 7 nitrogen and oxygen atoms in total. The van der Waals surface area contributed by atoms with Crippen molar-refractivity contribution in [1.82, 2.24) is 29.7 Å². The first-order chi connectivity index (χ1) is 11.8. The first-order valence-corrected chi connectivity index (χ1v) is 7.48. The summed E-state index contributed by atoms with van der Waals surface area (Å²) in [4.78, 5) is 15.4. The first-order valence-electron chi connectivity index (χ1n) is 7.48. The summed E-state index contributed by atoms with van der Waals surface area (Å²) in [6.07, 6.45) is 5.66. The van der Waals surface area contributed by atoms with Crippen LogP contribution in [-0.2, 0) is 6.42 Å². The molecule has 0 atom stereocenters. The molecule has 0 aliphatic carbocycles. The predicted molar refractivity (Wildman–Crippen MR) is 87.4 cm³/mol. The zero-order valence-corrected chi connectivity index (χ0v) is 12.6. The zero-order valence-electron chi connectivity index (χ0n) is 12.6. The van der Waals surface area contributed by atoms with Crippen molar-refractivity contribution in [2.75, 3.05) is 11.9 Å². The molecule has 2 N–H and O–H groups in total. The lowest BCUT2D eigenvalue weighted by molar-refractivity contribution is 0.627. The highest BCUT2D eigenvalue weighted by Crippen LogP contribution is 2.14. The summed E-state index contributed by atoms with van der Waals surface area (Å²) in [5.74, 6) is 0.459. The molecule has 8 heteroatoms. The molecule has 0 spiro atoms. The van der Waals surface area contributed by atoms with E-state index >= 15 is 0 Å². The third kappa shape index (κ3) is 2.81. The molecule has 3 heterocycles. The molecule has 24 heavy (non-hydrogen) atoms. The number of aromatic amines is 1. The topological polar surface area (TPSA) is 84.3 Å². The number of imidazole rings is 1. The number of anilines is 1. The molecular formula is C16H14FN7. The Balaban J connectivity index is 1.41. The van der Waals surface area contributed by atoms with E-state index in [0.717, 1.165) is 29.1 Å². The van der Waals surface area contributed by atoms with E-state index < -0.39 is 0 Å². The highest BCUT2D eigenvalue weighted by Gasteiger charge is 2.06. The summed E-state index contributed by atoms with van der Waals surface area (Å²) < 4.78 is 14.7. The Morgan fingerprint density at radius 1 is 1.08 bits per heavy atom. The Morgan fingerprint density at radius 2 is 1.96 bits per heavy atom. The maximum atomic E-state index is 13.0. The maximum absolute atomic E-state index is 13.0. The van der Waals surface area contributed by atoms with Crippen LogP contribution < -0.4 is 5.32 Å². The number of hydrogen-bond acceptors (Lipinski definition) is 5. The normalized spacial score (nSPS) is 11.0. The van der Waals surface area contributed by atoms with Crippen molar-refractivity contribution in [3.8, 4) is 5.69 Å². The molecule has 0 amide bonds. The van der Waals surface area contributed by atoms with E-state index in [1.54, 1.807) is 23.1 Å². The molecule has 0 bridgehead atoms. The summed E-state index contributed by atoms with van der Waals surface area (Å²) in [5.41, 5.74) is 3.18. The second-order valence-electron chi connectivity index (χ2n) is 5.23. The lowest BCUT2D eigenvalue weighted by atomic mass is 10.3. The first kappa shape index (κ1) is 14.3. The summed E-state index contributed by atoms with van der Waals surface area (Å²) >= 11 is 0. The summed E-state index contributed by atoms with van der Waals surface area (Å²) in [6.45, 7) is 0.672. The lowest BCUT2D eigenvalue weighted by Crippen LogP contribution is -2.08. The van der Waals surface area contributed by atoms with Crippen LogP contribution in [0.1, 0.15) is 5.69 Å². The van der Waals surface area contributed by atoms with Crippen molar-refractivity contribution in [3.05, 3.63) is 60.7 Å². The minimum atomic E-state index is -0.259. The van der Waals surface area contributed by atoms with Gasteiger partial charge in [0, 0.05) is 19.2 Å². The second-order valence-corrected chi connectivity index (χ2v) is 5.23. The van der Waals surface area contributed by atoms with Crippen LogP contribution >= 0.6 is 0 Å². The number of halogens is 1. The molecule has 0 saturated heterocycles. The molecule has 0 radical (unpaired) electrons. The smallest absolute Gasteiger partial charge is 0.182 e. The van der Waals surface area contributed by atoms with Gasteiger partial charge in [0.2, 0.25) is 0 Å². The van der Waals surface area contributed by atoms with Crippen LogP contribution in [0, 0.1) is 5.82 Å². The maximum Gasteiger partial charge on any atom is 0.182 e. The van der Waals surface area contributed by atoms with Gasteiger partial charge in [-0.25, -0.2) is 24.0 Å². The SMILES string of the molecule is Fc1ccc(-n2ccc(CCNc3ncnc4nc[nH]c34)n2)cc1. The standard InChI is InChI=1S/C16H14FN7/c17-11-1-3-13(4-2-11)24-8-6-12(23-24)5-7-18-15-14-16(20-9-19-14)22-10-21-15/h1-4,6,8-10H,5,7H2,(H2,18,19,20,21,22). The van der Waals surface area contributed by atoms with Crippen LogP contribution in [0.25, 0.3) is 16.9 Å². The molecule has 0 aliphatic heterocycles. The molecular weight excluding hydrogens is 309 g/mol. The van der Waals surface area contributed by atoms with Crippen LogP contribution in [0.4, 0.5) is 10.2 Å². The number of fused-ring (bicyclic) bond motifs is 1. The van der Waals surface area contributed by atoms with E-state index in [-0.39, 0.29) is 5.82 Å². The highest BCUT2D eigenvalue weighted by molar-refractivity contribution is 5.81. The quantitative estimate of drug-likeness (QED) is 0.589. The van der Waals surface area contributed by atoms with E-state index in [4.69, 9.17) is 0 Å². The van der Waals surface area contributed by atoms with Gasteiger partial charge in [0.1, 0.15) is 17.7 Å². The molecule has 0 fully saturated rings. The van der Waals surface area contributed by atoms with Gasteiger partial charge < -0.3 is 10.3 Å². The molecule has 1 aromatic carbocycles. The fraction of sp³-hybridized carbons (Fsp3) is 0.125. The van der Waals surface area contributed by atoms with Crippen molar-refractivity contribution >= 4 is 17.0 Å². The van der Waals surface area contributed by atoms with Crippen LogP contribution in [0.3, 0.4) is 0 Å². The fourth-order valence-corrected chi connectivity index (χ4v) is 2.44. The van der Waals surface area contributed by atoms with E-state index in [1.165, 1.54) is 18.5 Å². The Bertz CT molecular complexity index is 958. The Hall–Kier alpha value is -3.29. The summed E-state index contributed by atoms with van der Waals surface area (Å²) in [6, 6.07) is 8.17. The van der Waals surface area contributed by atoms with Crippen LogP contribution in [0.2, 0.25) is 0 Å². The molecule has 4 aromatic rings. The van der Waals surface area contributed by atoms with Crippen LogP contribution in [-0.4, -0.2) is 36.3 Å². The Kier molecular flexibility index (Phi) is 3.62. The molecule has 120 valence electrons. The third-order valence-electron chi connectivity index (χ3n) is 3.63. The van der Waals surface area contributed by atoms with Crippen molar-refractivity contribution < 1.29 is 4.39 Å². The predicted octanol–water partition coefficient (Wildman–Crippen LogP) is 2.33. The van der Waals surface area contributed by atoms with Gasteiger partial charge in [0.05, 0.1) is 17.7 Å². The molecule has 0 unspecified atom stereocenters. The monoisotopic (exact) mass is 323 g/mol. The minimum Gasteiger partial charge on any atom is -0.368 e. The van der Waals surface area contributed by atoms with Crippen LogP contribution in [0.15, 0.2) is 49.2 Å². The number of aromatic nitrogens is 6. The fourth-order valence-electron chi connectivity index (χ4n) is 2.44. The van der Waals surface area contributed by atoms with Crippen LogP contribution in [0.5, 0.6) is 0 Å². The lowest BCUT2D eigenvalue weighted by Gasteiger charge is -2.04. The number of nitrogens with one attached hydrogen (secondary N) is 2. The van der Waals surface area contributed by atoms with Gasteiger partial charge in [-0.15, -0.1) is 0 Å². The van der Waals surface area contributed by atoms with Crippen molar-refractivity contribution in [2.24, 2.45) is 0 Å². The van der Waals surface area contributed by atoms with Gasteiger partial charge in [0.15, 0.2) is 11.5 Å². The number of nitrogens with zero attached hydrogens (tertiary/aromatic N) is 5. The van der Waals surface area contributed by atoms with Crippen molar-refractivity contribution in [3.63, 3.8) is 0 Å². The van der Waals surface area contributed by atoms with Gasteiger partial charge in [-0.2, -0.15) is 5.10 Å². The van der Waals surface area contributed by atoms with E-state index in [1.807, 2.05) is 12.3 Å². The Morgan fingerprint density at radius 3 is 2.83 bits per heavy atom. The van der Waals surface area contributed by atoms with Gasteiger partial charge in [-0.05, 0) is 30.3 Å². The van der Waals surface area contributed by atoms with Crippen molar-refractivity contribution in [1.29, 1.82) is 0 Å². The average molecular weight is 323 g/mol. The number of rotatable bonds is 5. The molecule has 0 saturated carbocycles. The number of hydrogen-bond donors (Lipinski definition) is 2. The summed E-state index contributed by atoms with van der Waals surface area (Å²) in [5, 5.41) is 7.75. The molecule has 3 aromatic heterocycles. The van der Waals surface area contributed by atoms with Gasteiger partial charge in [-0.1, -0.05) is 0 Å². The average Bonchev–Trinajstić information content (AvgIpc) is 3.25. The molecule has 0 aliphatic rings. The van der Waals surface area contributed by atoms with Gasteiger partial charge >= 0.3 is 0 Å². The Labute approximate surface area is 136 Å². The van der Waals surface area contributed by atoms with E-state index in [2.05, 4.69) is 30.4 Å². The molecule has 4 rings (SSSR count). The minimum absolute atomic E-state index is 0.259. The van der Waals surface area contributed by atoms with E-state index in [0.29, 0.717) is 12.2 Å². The van der Waals surface area contributed by atoms with Gasteiger partial charge in [-0.3, -0.25) is 0 Å². The highest BCUT2D eigenvalue weighted by atomic mass is 19.1. The van der Waals surface area contributed by atoms with E-state index in [9.17, 15) is 4.39 Å². The second kappa shape index (κ2) is 6.07. The third-order valence-corrected chi connectivity index (χ3v) is 3.63. The zero-order chi connectivity index (χ0) is 16.4. The summed E-state index contributed by atoms with van der Waals surface area (Å²) in [7, 11) is 0. The van der Waals surface area contributed by atoms with Crippen molar-refractivity contribution in [2.45, 2.75) is 6.42 Å².